The van der Waals surface area contributed by atoms with Gasteiger partial charge in [0.1, 0.15) is 5.75 Å². The Morgan fingerprint density at radius 1 is 1.13 bits per heavy atom. The van der Waals surface area contributed by atoms with Crippen molar-refractivity contribution in [3.63, 3.8) is 0 Å². The van der Waals surface area contributed by atoms with Gasteiger partial charge in [-0.15, -0.1) is 0 Å². The van der Waals surface area contributed by atoms with E-state index in [2.05, 4.69) is 10.0 Å². The van der Waals surface area contributed by atoms with Gasteiger partial charge >= 0.3 is 6.03 Å². The Labute approximate surface area is 177 Å². The summed E-state index contributed by atoms with van der Waals surface area (Å²) in [6.07, 6.45) is 5.03. The molecule has 0 spiro atoms. The first-order chi connectivity index (χ1) is 14.5. The predicted octanol–water partition coefficient (Wildman–Crippen LogP) is 3.19. The zero-order chi connectivity index (χ0) is 21.1. The fourth-order valence-corrected chi connectivity index (χ4v) is 5.15. The van der Waals surface area contributed by atoms with Gasteiger partial charge in [0, 0.05) is 24.8 Å². The lowest BCUT2D eigenvalue weighted by atomic mass is 10.2. The molecule has 0 atom stereocenters. The van der Waals surface area contributed by atoms with E-state index in [-0.39, 0.29) is 23.5 Å². The zero-order valence-electron chi connectivity index (χ0n) is 17.1. The zero-order valence-corrected chi connectivity index (χ0v) is 17.9. The number of ether oxygens (including phenoxy) is 1. The number of amides is 2. The number of fused-ring (bicyclic) bond motifs is 1. The summed E-state index contributed by atoms with van der Waals surface area (Å²) in [5, 5.41) is 3.10. The number of hydrogen-bond donors (Lipinski definition) is 2. The van der Waals surface area contributed by atoms with Crippen LogP contribution in [0.2, 0.25) is 0 Å². The summed E-state index contributed by atoms with van der Waals surface area (Å²) in [5.74, 6) is 0.724. The van der Waals surface area contributed by atoms with Crippen molar-refractivity contribution in [2.75, 3.05) is 18.6 Å². The molecule has 1 heterocycles. The van der Waals surface area contributed by atoms with Gasteiger partial charge in [-0.1, -0.05) is 25.0 Å². The lowest BCUT2D eigenvalue weighted by Gasteiger charge is -2.21. The minimum Gasteiger partial charge on any atom is -0.497 e. The minimum atomic E-state index is -3.65. The van der Waals surface area contributed by atoms with Gasteiger partial charge in [-0.2, -0.15) is 0 Å². The van der Waals surface area contributed by atoms with E-state index in [0.29, 0.717) is 13.0 Å². The second-order valence-corrected chi connectivity index (χ2v) is 9.56. The molecule has 1 saturated carbocycles. The largest absolute Gasteiger partial charge is 0.497 e. The third-order valence-corrected chi connectivity index (χ3v) is 7.21. The Kier molecular flexibility index (Phi) is 5.97. The Morgan fingerprint density at radius 2 is 1.87 bits per heavy atom. The van der Waals surface area contributed by atoms with Gasteiger partial charge in [0.15, 0.2) is 0 Å². The van der Waals surface area contributed by atoms with Crippen molar-refractivity contribution >= 4 is 21.7 Å². The van der Waals surface area contributed by atoms with Gasteiger partial charge in [-0.25, -0.2) is 17.9 Å². The van der Waals surface area contributed by atoms with Crippen LogP contribution in [0, 0.1) is 0 Å². The van der Waals surface area contributed by atoms with Crippen LogP contribution in [-0.4, -0.2) is 34.1 Å². The summed E-state index contributed by atoms with van der Waals surface area (Å²) < 4.78 is 33.2. The van der Waals surface area contributed by atoms with E-state index in [4.69, 9.17) is 4.74 Å². The number of anilines is 1. The summed E-state index contributed by atoms with van der Waals surface area (Å²) in [5.41, 5.74) is 2.51. The lowest BCUT2D eigenvalue weighted by Crippen LogP contribution is -2.43. The number of nitrogens with zero attached hydrogens (tertiary/aromatic N) is 1. The fraction of sp³-hybridized carbons (Fsp3) is 0.409. The van der Waals surface area contributed by atoms with Crippen molar-refractivity contribution in [1.82, 2.24) is 10.0 Å². The minimum absolute atomic E-state index is 0.0890. The average Bonchev–Trinajstić information content (AvgIpc) is 3.42. The number of urea groups is 1. The predicted molar refractivity (Wildman–Crippen MR) is 115 cm³/mol. The first kappa shape index (κ1) is 20.7. The second-order valence-electron chi connectivity index (χ2n) is 7.80. The van der Waals surface area contributed by atoms with Crippen LogP contribution in [0.3, 0.4) is 0 Å². The Hall–Kier alpha value is -2.58. The molecule has 4 rings (SSSR count). The SMILES string of the molecule is COc1ccc(CNS(=O)(=O)c2ccc3c(c2)CCN3C(=O)NC2CCCC2)cc1. The standard InChI is InChI=1S/C22H27N3O4S/c1-29-19-8-6-16(7-9-19)15-23-30(27,28)20-10-11-21-17(14-20)12-13-25(21)22(26)24-18-4-2-3-5-18/h6-11,14,18,23H,2-5,12-13,15H2,1H3,(H,24,26). The molecule has 2 amide bonds. The third-order valence-electron chi connectivity index (χ3n) is 5.81. The molecular formula is C22H27N3O4S. The molecule has 2 aliphatic rings. The van der Waals surface area contributed by atoms with Gasteiger partial charge < -0.3 is 10.1 Å². The summed E-state index contributed by atoms with van der Waals surface area (Å²) in [6.45, 7) is 0.760. The molecule has 8 heteroatoms. The van der Waals surface area contributed by atoms with Crippen LogP contribution >= 0.6 is 0 Å². The average molecular weight is 430 g/mol. The maximum atomic E-state index is 12.7. The van der Waals surface area contributed by atoms with Crippen LogP contribution in [0.15, 0.2) is 47.4 Å². The maximum Gasteiger partial charge on any atom is 0.322 e. The quantitative estimate of drug-likeness (QED) is 0.738. The molecule has 2 aromatic carbocycles. The van der Waals surface area contributed by atoms with E-state index in [1.807, 2.05) is 12.1 Å². The van der Waals surface area contributed by atoms with Crippen LogP contribution < -0.4 is 19.7 Å². The van der Waals surface area contributed by atoms with E-state index in [0.717, 1.165) is 48.2 Å². The van der Waals surface area contributed by atoms with E-state index in [1.54, 1.807) is 42.3 Å². The number of hydrogen-bond acceptors (Lipinski definition) is 4. The van der Waals surface area contributed by atoms with E-state index in [1.165, 1.54) is 0 Å². The molecule has 160 valence electrons. The maximum absolute atomic E-state index is 12.7. The van der Waals surface area contributed by atoms with Crippen molar-refractivity contribution in [2.45, 2.75) is 49.6 Å². The molecule has 30 heavy (non-hydrogen) atoms. The molecule has 0 aromatic heterocycles. The van der Waals surface area contributed by atoms with Gasteiger partial charge in [0.25, 0.3) is 0 Å². The van der Waals surface area contributed by atoms with Crippen LogP contribution in [0.25, 0.3) is 0 Å². The van der Waals surface area contributed by atoms with Crippen molar-refractivity contribution in [3.8, 4) is 5.75 Å². The second kappa shape index (κ2) is 8.65. The normalized spacial score (nSPS) is 16.5. The summed E-state index contributed by atoms with van der Waals surface area (Å²) in [7, 11) is -2.06. The summed E-state index contributed by atoms with van der Waals surface area (Å²) in [4.78, 5) is 14.6. The van der Waals surface area contributed by atoms with Gasteiger partial charge in [-0.3, -0.25) is 4.90 Å². The van der Waals surface area contributed by atoms with Crippen molar-refractivity contribution < 1.29 is 17.9 Å². The molecule has 2 aromatic rings. The summed E-state index contributed by atoms with van der Waals surface area (Å²) >= 11 is 0. The van der Waals surface area contributed by atoms with Crippen molar-refractivity contribution in [3.05, 3.63) is 53.6 Å². The van der Waals surface area contributed by atoms with E-state index in [9.17, 15) is 13.2 Å². The lowest BCUT2D eigenvalue weighted by molar-refractivity contribution is 0.243. The number of carbonyl (C=O) groups is 1. The first-order valence-corrected chi connectivity index (χ1v) is 11.8. The molecule has 2 N–H and O–H groups in total. The Balaban J connectivity index is 1.43. The number of benzene rings is 2. The van der Waals surface area contributed by atoms with Gasteiger partial charge in [0.05, 0.1) is 12.0 Å². The fourth-order valence-electron chi connectivity index (χ4n) is 4.08. The third kappa shape index (κ3) is 4.44. The molecule has 1 aliphatic heterocycles. The highest BCUT2D eigenvalue weighted by Gasteiger charge is 2.28. The monoisotopic (exact) mass is 429 g/mol. The number of rotatable bonds is 6. The number of methoxy groups -OCH3 is 1. The van der Waals surface area contributed by atoms with E-state index >= 15 is 0 Å². The van der Waals surface area contributed by atoms with Gasteiger partial charge in [-0.05, 0) is 60.7 Å². The Bertz CT molecular complexity index is 1020. The highest BCUT2D eigenvalue weighted by molar-refractivity contribution is 7.89. The molecule has 1 aliphatic carbocycles. The Morgan fingerprint density at radius 3 is 2.57 bits per heavy atom. The molecular weight excluding hydrogens is 402 g/mol. The molecule has 0 unspecified atom stereocenters. The highest BCUT2D eigenvalue weighted by atomic mass is 32.2. The molecule has 1 fully saturated rings. The molecule has 7 nitrogen and oxygen atoms in total. The number of nitrogens with one attached hydrogen (secondary N) is 2. The number of sulfonamides is 1. The van der Waals surface area contributed by atoms with Crippen molar-refractivity contribution in [2.24, 2.45) is 0 Å². The van der Waals surface area contributed by atoms with Crippen LogP contribution in [0.1, 0.15) is 36.8 Å². The molecule has 0 radical (unpaired) electrons. The first-order valence-electron chi connectivity index (χ1n) is 10.3. The highest BCUT2D eigenvalue weighted by Crippen LogP contribution is 2.31. The molecule has 0 saturated heterocycles. The van der Waals surface area contributed by atoms with E-state index < -0.39 is 10.0 Å². The summed E-state index contributed by atoms with van der Waals surface area (Å²) in [6, 6.07) is 12.4. The van der Waals surface area contributed by atoms with Crippen molar-refractivity contribution in [1.29, 1.82) is 0 Å². The molecule has 0 bridgehead atoms. The number of carbonyl (C=O) groups excluding carboxylic acids is 1. The van der Waals surface area contributed by atoms with Crippen LogP contribution in [0.5, 0.6) is 5.75 Å². The van der Waals surface area contributed by atoms with Crippen LogP contribution in [0.4, 0.5) is 10.5 Å². The van der Waals surface area contributed by atoms with Crippen LogP contribution in [-0.2, 0) is 23.0 Å². The smallest absolute Gasteiger partial charge is 0.322 e. The van der Waals surface area contributed by atoms with Gasteiger partial charge in [0.2, 0.25) is 10.0 Å². The topological polar surface area (TPSA) is 87.7 Å².